The van der Waals surface area contributed by atoms with Gasteiger partial charge in [0.2, 0.25) is 0 Å². The first kappa shape index (κ1) is 14.6. The molecule has 1 unspecified atom stereocenters. The molecule has 0 saturated heterocycles. The van der Waals surface area contributed by atoms with Crippen molar-refractivity contribution in [3.63, 3.8) is 0 Å². The summed E-state index contributed by atoms with van der Waals surface area (Å²) in [7, 11) is 0. The molecule has 19 heavy (non-hydrogen) atoms. The first-order chi connectivity index (χ1) is 9.28. The first-order valence-electron chi connectivity index (χ1n) is 8.08. The van der Waals surface area contributed by atoms with Gasteiger partial charge in [-0.25, -0.2) is 0 Å². The van der Waals surface area contributed by atoms with Crippen molar-refractivity contribution >= 4 is 0 Å². The van der Waals surface area contributed by atoms with Gasteiger partial charge in [-0.15, -0.1) is 0 Å². The van der Waals surface area contributed by atoms with Crippen molar-refractivity contribution in [1.29, 1.82) is 0 Å². The molecular weight excluding hydrogens is 230 g/mol. The van der Waals surface area contributed by atoms with Crippen LogP contribution in [0.2, 0.25) is 0 Å². The molecule has 1 saturated carbocycles. The van der Waals surface area contributed by atoms with Crippen LogP contribution in [0.1, 0.15) is 57.9 Å². The van der Waals surface area contributed by atoms with Gasteiger partial charge in [0.05, 0.1) is 0 Å². The Hall–Kier alpha value is -0.820. The molecule has 0 spiro atoms. The molecule has 1 aliphatic carbocycles. The SMILES string of the molecule is CCC1CCC(NC(C)CCc2ccccc2)CC1. The van der Waals surface area contributed by atoms with Gasteiger partial charge in [0.15, 0.2) is 0 Å². The molecule has 1 atom stereocenters. The van der Waals surface area contributed by atoms with Gasteiger partial charge in [0, 0.05) is 12.1 Å². The second kappa shape index (κ2) is 7.69. The van der Waals surface area contributed by atoms with E-state index in [9.17, 15) is 0 Å². The highest BCUT2D eigenvalue weighted by Crippen LogP contribution is 2.26. The number of hydrogen-bond acceptors (Lipinski definition) is 1. The van der Waals surface area contributed by atoms with Gasteiger partial charge in [0.1, 0.15) is 0 Å². The Morgan fingerprint density at radius 2 is 1.79 bits per heavy atom. The summed E-state index contributed by atoms with van der Waals surface area (Å²) in [6.07, 6.45) is 9.44. The molecule has 1 heteroatoms. The molecule has 0 heterocycles. The van der Waals surface area contributed by atoms with E-state index < -0.39 is 0 Å². The van der Waals surface area contributed by atoms with Crippen LogP contribution in [0.3, 0.4) is 0 Å². The fraction of sp³-hybridized carbons (Fsp3) is 0.667. The molecular formula is C18H29N. The lowest BCUT2D eigenvalue weighted by molar-refractivity contribution is 0.269. The van der Waals surface area contributed by atoms with Gasteiger partial charge in [-0.1, -0.05) is 43.7 Å². The van der Waals surface area contributed by atoms with E-state index in [4.69, 9.17) is 0 Å². The molecule has 1 aromatic carbocycles. The van der Waals surface area contributed by atoms with E-state index in [0.29, 0.717) is 6.04 Å². The Morgan fingerprint density at radius 1 is 1.11 bits per heavy atom. The lowest BCUT2D eigenvalue weighted by Crippen LogP contribution is -2.39. The molecule has 1 aliphatic rings. The maximum Gasteiger partial charge on any atom is 0.00697 e. The van der Waals surface area contributed by atoms with Crippen LogP contribution in [-0.2, 0) is 6.42 Å². The van der Waals surface area contributed by atoms with Gasteiger partial charge in [-0.05, 0) is 56.9 Å². The van der Waals surface area contributed by atoms with E-state index in [-0.39, 0.29) is 0 Å². The van der Waals surface area contributed by atoms with Crippen molar-refractivity contribution in [1.82, 2.24) is 5.32 Å². The van der Waals surface area contributed by atoms with Crippen molar-refractivity contribution in [3.05, 3.63) is 35.9 Å². The van der Waals surface area contributed by atoms with Crippen molar-refractivity contribution in [2.24, 2.45) is 5.92 Å². The highest BCUT2D eigenvalue weighted by Gasteiger charge is 2.20. The summed E-state index contributed by atoms with van der Waals surface area (Å²) in [4.78, 5) is 0. The molecule has 1 nitrogen and oxygen atoms in total. The van der Waals surface area contributed by atoms with Crippen LogP contribution in [0.15, 0.2) is 30.3 Å². The van der Waals surface area contributed by atoms with Gasteiger partial charge in [-0.3, -0.25) is 0 Å². The lowest BCUT2D eigenvalue weighted by atomic mass is 9.84. The van der Waals surface area contributed by atoms with E-state index in [0.717, 1.165) is 12.0 Å². The Kier molecular flexibility index (Phi) is 5.91. The normalized spacial score (nSPS) is 25.2. The third-order valence-corrected chi connectivity index (χ3v) is 4.65. The Morgan fingerprint density at radius 3 is 2.42 bits per heavy atom. The van der Waals surface area contributed by atoms with Crippen LogP contribution in [0.4, 0.5) is 0 Å². The summed E-state index contributed by atoms with van der Waals surface area (Å²) in [6, 6.07) is 12.3. The second-order valence-corrected chi connectivity index (χ2v) is 6.22. The molecule has 0 aromatic heterocycles. The van der Waals surface area contributed by atoms with Crippen LogP contribution in [-0.4, -0.2) is 12.1 Å². The van der Waals surface area contributed by atoms with Gasteiger partial charge >= 0.3 is 0 Å². The molecule has 106 valence electrons. The third-order valence-electron chi connectivity index (χ3n) is 4.65. The van der Waals surface area contributed by atoms with Crippen LogP contribution < -0.4 is 5.32 Å². The molecule has 0 radical (unpaired) electrons. The van der Waals surface area contributed by atoms with Crippen molar-refractivity contribution in [2.45, 2.75) is 70.9 Å². The average Bonchev–Trinajstić information content (AvgIpc) is 2.47. The van der Waals surface area contributed by atoms with Crippen molar-refractivity contribution in [3.8, 4) is 0 Å². The molecule has 0 bridgehead atoms. The third kappa shape index (κ3) is 4.99. The minimum absolute atomic E-state index is 0.642. The smallest absolute Gasteiger partial charge is 0.00697 e. The fourth-order valence-corrected chi connectivity index (χ4v) is 3.25. The number of aryl methyl sites for hydroxylation is 1. The average molecular weight is 259 g/mol. The van der Waals surface area contributed by atoms with E-state index in [1.807, 2.05) is 0 Å². The van der Waals surface area contributed by atoms with Crippen molar-refractivity contribution < 1.29 is 0 Å². The molecule has 0 aliphatic heterocycles. The lowest BCUT2D eigenvalue weighted by Gasteiger charge is -2.30. The minimum atomic E-state index is 0.642. The topological polar surface area (TPSA) is 12.0 Å². The predicted octanol–water partition coefficient (Wildman–Crippen LogP) is 4.57. The van der Waals surface area contributed by atoms with E-state index in [1.54, 1.807) is 0 Å². The maximum absolute atomic E-state index is 3.83. The summed E-state index contributed by atoms with van der Waals surface area (Å²) in [5.74, 6) is 0.998. The largest absolute Gasteiger partial charge is 0.311 e. The quantitative estimate of drug-likeness (QED) is 0.789. The van der Waals surface area contributed by atoms with Crippen LogP contribution in [0.5, 0.6) is 0 Å². The van der Waals surface area contributed by atoms with E-state index in [2.05, 4.69) is 49.5 Å². The maximum atomic E-state index is 3.83. The summed E-state index contributed by atoms with van der Waals surface area (Å²) in [6.45, 7) is 4.68. The van der Waals surface area contributed by atoms with Gasteiger partial charge in [0.25, 0.3) is 0 Å². The van der Waals surface area contributed by atoms with Crippen LogP contribution >= 0.6 is 0 Å². The highest BCUT2D eigenvalue weighted by molar-refractivity contribution is 5.14. The second-order valence-electron chi connectivity index (χ2n) is 6.22. The molecule has 1 aromatic rings. The standard InChI is InChI=1S/C18H29N/c1-3-16-11-13-18(14-12-16)19-15(2)9-10-17-7-5-4-6-8-17/h4-8,15-16,18-19H,3,9-14H2,1-2H3. The van der Waals surface area contributed by atoms with Crippen molar-refractivity contribution in [2.75, 3.05) is 0 Å². The van der Waals surface area contributed by atoms with Crippen LogP contribution in [0.25, 0.3) is 0 Å². The monoisotopic (exact) mass is 259 g/mol. The zero-order valence-corrected chi connectivity index (χ0v) is 12.6. The predicted molar refractivity (Wildman–Crippen MR) is 83.4 cm³/mol. The Balaban J connectivity index is 1.66. The molecule has 1 fully saturated rings. The summed E-state index contributed by atoms with van der Waals surface area (Å²) >= 11 is 0. The van der Waals surface area contributed by atoms with Crippen LogP contribution in [0, 0.1) is 5.92 Å². The molecule has 2 rings (SSSR count). The number of hydrogen-bond donors (Lipinski definition) is 1. The zero-order chi connectivity index (χ0) is 13.5. The van der Waals surface area contributed by atoms with E-state index >= 15 is 0 Å². The zero-order valence-electron chi connectivity index (χ0n) is 12.6. The summed E-state index contributed by atoms with van der Waals surface area (Å²) in [5.41, 5.74) is 1.46. The van der Waals surface area contributed by atoms with E-state index in [1.165, 1.54) is 50.5 Å². The summed E-state index contributed by atoms with van der Waals surface area (Å²) < 4.78 is 0. The molecule has 1 N–H and O–H groups in total. The number of nitrogens with one attached hydrogen (secondary N) is 1. The number of benzene rings is 1. The van der Waals surface area contributed by atoms with Gasteiger partial charge in [-0.2, -0.15) is 0 Å². The summed E-state index contributed by atoms with van der Waals surface area (Å²) in [5, 5.41) is 3.83. The Labute approximate surface area is 118 Å². The van der Waals surface area contributed by atoms with Gasteiger partial charge < -0.3 is 5.32 Å². The number of rotatable bonds is 6. The highest BCUT2D eigenvalue weighted by atomic mass is 14.9. The molecule has 0 amide bonds. The fourth-order valence-electron chi connectivity index (χ4n) is 3.25. The first-order valence-corrected chi connectivity index (χ1v) is 8.08. The Bertz CT molecular complexity index is 338. The minimum Gasteiger partial charge on any atom is -0.311 e.